The predicted octanol–water partition coefficient (Wildman–Crippen LogP) is 3.00. The van der Waals surface area contributed by atoms with Crippen molar-refractivity contribution in [3.8, 4) is 0 Å². The first-order valence-electron chi connectivity index (χ1n) is 8.78. The lowest BCUT2D eigenvalue weighted by Gasteiger charge is -2.37. The van der Waals surface area contributed by atoms with Gasteiger partial charge >= 0.3 is 0 Å². The van der Waals surface area contributed by atoms with Gasteiger partial charge in [0.25, 0.3) is 0 Å². The van der Waals surface area contributed by atoms with Gasteiger partial charge in [-0.15, -0.1) is 0 Å². The summed E-state index contributed by atoms with van der Waals surface area (Å²) in [5, 5.41) is 4.27. The molecule has 3 fully saturated rings. The molecule has 4 rings (SSSR count). The highest BCUT2D eigenvalue weighted by molar-refractivity contribution is 5.17. The summed E-state index contributed by atoms with van der Waals surface area (Å²) in [5.74, 6) is -0.148. The lowest BCUT2D eigenvalue weighted by Crippen LogP contribution is -2.61. The fourth-order valence-electron chi connectivity index (χ4n) is 3.88. The number of nitrogens with zero attached hydrogens (tertiary/aromatic N) is 3. The van der Waals surface area contributed by atoms with E-state index < -0.39 is 0 Å². The molecule has 0 saturated carbocycles. The molecule has 3 nitrogen and oxygen atoms in total. The van der Waals surface area contributed by atoms with Gasteiger partial charge in [-0.1, -0.05) is 12.8 Å². The molecule has 0 aliphatic carbocycles. The Morgan fingerprint density at radius 1 is 1.05 bits per heavy atom. The van der Waals surface area contributed by atoms with Gasteiger partial charge < -0.3 is 0 Å². The highest BCUT2D eigenvalue weighted by atomic mass is 19.1. The minimum Gasteiger partial charge on any atom is -0.258 e. The fourth-order valence-corrected chi connectivity index (χ4v) is 3.88. The molecule has 3 saturated heterocycles. The van der Waals surface area contributed by atoms with Gasteiger partial charge in [-0.05, 0) is 25.0 Å². The highest BCUT2D eigenvalue weighted by Gasteiger charge is 2.57. The van der Waals surface area contributed by atoms with E-state index in [1.165, 1.54) is 64.1 Å². The molecule has 0 aromatic carbocycles. The Labute approximate surface area is 133 Å². The van der Waals surface area contributed by atoms with Crippen molar-refractivity contribution in [2.45, 2.75) is 56.9 Å². The summed E-state index contributed by atoms with van der Waals surface area (Å²) in [6.45, 7) is 4.63. The van der Waals surface area contributed by atoms with E-state index in [9.17, 15) is 4.39 Å². The van der Waals surface area contributed by atoms with Crippen LogP contribution >= 0.6 is 0 Å². The minimum absolute atomic E-state index is 0.148. The zero-order valence-electron chi connectivity index (χ0n) is 13.4. The Kier molecular flexibility index (Phi) is 5.42. The average Bonchev–Trinajstić information content (AvgIpc) is 2.76. The molecule has 3 aliphatic heterocycles. The van der Waals surface area contributed by atoms with Crippen molar-refractivity contribution in [2.24, 2.45) is 0 Å². The third kappa shape index (κ3) is 3.66. The summed E-state index contributed by atoms with van der Waals surface area (Å²) in [6, 6.07) is 3.17. The van der Waals surface area contributed by atoms with Crippen molar-refractivity contribution in [3.05, 3.63) is 29.8 Å². The van der Waals surface area contributed by atoms with Crippen LogP contribution in [-0.2, 0) is 6.42 Å². The Balaban J connectivity index is 0.000000174. The Bertz CT molecular complexity index is 460. The van der Waals surface area contributed by atoms with Crippen LogP contribution in [0.5, 0.6) is 0 Å². The van der Waals surface area contributed by atoms with Crippen LogP contribution < -0.4 is 10.2 Å². The molecule has 2 radical (unpaired) electrons. The molecule has 4 heterocycles. The SMILES string of the molecule is C1CCC[N]CC1.Fc1cccnc1CC12CCC[N+]1CC2. The van der Waals surface area contributed by atoms with Crippen molar-refractivity contribution in [3.63, 3.8) is 0 Å². The summed E-state index contributed by atoms with van der Waals surface area (Å²) in [5.41, 5.74) is 0.902. The molecule has 0 bridgehead atoms. The number of aromatic nitrogens is 1. The van der Waals surface area contributed by atoms with E-state index in [0.717, 1.165) is 19.5 Å². The molecule has 22 heavy (non-hydrogen) atoms. The molecule has 3 aliphatic rings. The largest absolute Gasteiger partial charge is 0.258 e. The second-order valence-electron chi connectivity index (χ2n) is 6.76. The zero-order chi connectivity index (χ0) is 15.3. The smallest absolute Gasteiger partial charge is 0.154 e. The van der Waals surface area contributed by atoms with Gasteiger partial charge in [0.2, 0.25) is 0 Å². The molecule has 120 valence electrons. The second kappa shape index (κ2) is 7.51. The minimum atomic E-state index is -0.148. The fraction of sp³-hybridized carbons (Fsp3) is 0.722. The lowest BCUT2D eigenvalue weighted by molar-refractivity contribution is 0.119. The number of rotatable bonds is 2. The Hall–Kier alpha value is -1.00. The topological polar surface area (TPSA) is 32.9 Å². The highest BCUT2D eigenvalue weighted by Crippen LogP contribution is 2.40. The van der Waals surface area contributed by atoms with Crippen LogP contribution in [0, 0.1) is 5.82 Å². The van der Waals surface area contributed by atoms with E-state index in [1.807, 2.05) is 0 Å². The summed E-state index contributed by atoms with van der Waals surface area (Å²) in [4.78, 5) is 6.64. The van der Waals surface area contributed by atoms with Crippen LogP contribution in [0.4, 0.5) is 4.39 Å². The predicted molar refractivity (Wildman–Crippen MR) is 86.7 cm³/mol. The first-order chi connectivity index (χ1) is 10.8. The molecule has 1 aromatic rings. The van der Waals surface area contributed by atoms with E-state index in [2.05, 4.69) is 15.2 Å². The molecule has 1 aromatic heterocycles. The number of pyridine rings is 1. The van der Waals surface area contributed by atoms with Gasteiger partial charge in [-0.25, -0.2) is 9.71 Å². The van der Waals surface area contributed by atoms with E-state index in [1.54, 1.807) is 12.3 Å². The third-order valence-corrected chi connectivity index (χ3v) is 5.30. The quantitative estimate of drug-likeness (QED) is 0.773. The van der Waals surface area contributed by atoms with Crippen LogP contribution in [0.2, 0.25) is 0 Å². The number of halogens is 1. The van der Waals surface area contributed by atoms with Crippen molar-refractivity contribution < 1.29 is 4.39 Å². The number of hydrogen-bond acceptors (Lipinski definition) is 2. The molecule has 1 atom stereocenters. The molecule has 0 amide bonds. The normalized spacial score (nSPS) is 28.0. The van der Waals surface area contributed by atoms with Crippen LogP contribution in [0.1, 0.15) is 50.6 Å². The zero-order valence-corrected chi connectivity index (χ0v) is 13.4. The summed E-state index contributed by atoms with van der Waals surface area (Å²) in [7, 11) is 0. The maximum Gasteiger partial charge on any atom is 0.154 e. The Morgan fingerprint density at radius 3 is 2.50 bits per heavy atom. The van der Waals surface area contributed by atoms with E-state index >= 15 is 0 Å². The summed E-state index contributed by atoms with van der Waals surface area (Å²) >= 11 is 0. The third-order valence-electron chi connectivity index (χ3n) is 5.30. The van der Waals surface area contributed by atoms with Gasteiger partial charge in [0.15, 0.2) is 5.54 Å². The molecular weight excluding hydrogens is 277 g/mol. The Morgan fingerprint density at radius 2 is 1.86 bits per heavy atom. The van der Waals surface area contributed by atoms with E-state index in [0.29, 0.717) is 5.69 Å². The molecule has 4 heteroatoms. The van der Waals surface area contributed by atoms with Crippen molar-refractivity contribution in [1.82, 2.24) is 15.2 Å². The molecule has 0 N–H and O–H groups in total. The van der Waals surface area contributed by atoms with Gasteiger partial charge in [-0.2, -0.15) is 4.90 Å². The average molecular weight is 304 g/mol. The second-order valence-corrected chi connectivity index (χ2v) is 6.76. The van der Waals surface area contributed by atoms with Gasteiger partial charge in [0.1, 0.15) is 18.9 Å². The van der Waals surface area contributed by atoms with Crippen LogP contribution in [-0.4, -0.2) is 36.7 Å². The number of fused-ring (bicyclic) bond motifs is 1. The van der Waals surface area contributed by atoms with E-state index in [-0.39, 0.29) is 11.4 Å². The first-order valence-corrected chi connectivity index (χ1v) is 8.78. The summed E-state index contributed by atoms with van der Waals surface area (Å²) in [6.07, 6.45) is 11.6. The van der Waals surface area contributed by atoms with Gasteiger partial charge in [0, 0.05) is 32.1 Å². The monoisotopic (exact) mass is 304 g/mol. The molecule has 1 unspecified atom stereocenters. The van der Waals surface area contributed by atoms with Crippen LogP contribution in [0.15, 0.2) is 18.3 Å². The first kappa shape index (κ1) is 15.9. The van der Waals surface area contributed by atoms with Crippen molar-refractivity contribution >= 4 is 0 Å². The van der Waals surface area contributed by atoms with Gasteiger partial charge in [0.05, 0.1) is 18.5 Å². The van der Waals surface area contributed by atoms with E-state index in [4.69, 9.17) is 0 Å². The molecular formula is C18H27FN3+. The van der Waals surface area contributed by atoms with Crippen molar-refractivity contribution in [2.75, 3.05) is 26.2 Å². The standard InChI is InChI=1S/C12H15FN2.C6H12N/c13-10-3-1-6-14-11(10)9-12-4-2-7-15(12)8-5-12;1-2-4-6-7-5-3-1/h1,3,6H,2,4-5,7-9H2;1-6H2/q+1;. The number of hydrogen-bond donors (Lipinski definition) is 0. The van der Waals surface area contributed by atoms with Gasteiger partial charge in [-0.3, -0.25) is 4.98 Å². The lowest BCUT2D eigenvalue weighted by atomic mass is 9.80. The maximum atomic E-state index is 13.5. The van der Waals surface area contributed by atoms with Crippen molar-refractivity contribution in [1.29, 1.82) is 0 Å². The van der Waals surface area contributed by atoms with Crippen LogP contribution in [0.3, 0.4) is 0 Å². The maximum absolute atomic E-state index is 13.5. The van der Waals surface area contributed by atoms with Crippen LogP contribution in [0.25, 0.3) is 0 Å². The molecule has 0 spiro atoms. The summed E-state index contributed by atoms with van der Waals surface area (Å²) < 4.78 is 13.5.